The highest BCUT2D eigenvalue weighted by Crippen LogP contribution is 2.19. The third-order valence-electron chi connectivity index (χ3n) is 3.22. The van der Waals surface area contributed by atoms with Crippen LogP contribution in [0.4, 0.5) is 0 Å². The number of thiophene rings is 1. The van der Waals surface area contributed by atoms with Crippen LogP contribution in [0.15, 0.2) is 11.4 Å². The van der Waals surface area contributed by atoms with E-state index in [1.54, 1.807) is 0 Å². The van der Waals surface area contributed by atoms with Gasteiger partial charge in [-0.2, -0.15) is 0 Å². The normalized spacial score (nSPS) is 15.7. The summed E-state index contributed by atoms with van der Waals surface area (Å²) in [7, 11) is 1.86. The molecule has 0 spiro atoms. The number of nitrogens with two attached hydrogens (primary N) is 1. The van der Waals surface area contributed by atoms with Crippen LogP contribution in [0.1, 0.15) is 28.1 Å². The predicted octanol–water partition coefficient (Wildman–Crippen LogP) is 1.31. The summed E-state index contributed by atoms with van der Waals surface area (Å²) in [5, 5.41) is 1.86. The first-order chi connectivity index (χ1) is 9.22. The van der Waals surface area contributed by atoms with Gasteiger partial charge in [0.2, 0.25) is 0 Å². The number of nitrogens with zero attached hydrogens (tertiary/aromatic N) is 1. The maximum absolute atomic E-state index is 12.3. The summed E-state index contributed by atoms with van der Waals surface area (Å²) in [5.74, 6) is 5.81. The van der Waals surface area contributed by atoms with E-state index in [4.69, 9.17) is 10.5 Å². The maximum Gasteiger partial charge on any atom is 0.254 e. The molecule has 5 heteroatoms. The van der Waals surface area contributed by atoms with Crippen molar-refractivity contribution >= 4 is 17.2 Å². The molecule has 0 aromatic carbocycles. The Hall–Kier alpha value is -1.35. The van der Waals surface area contributed by atoms with Crippen molar-refractivity contribution in [2.45, 2.75) is 18.9 Å². The van der Waals surface area contributed by atoms with E-state index in [1.807, 2.05) is 23.4 Å². The van der Waals surface area contributed by atoms with Gasteiger partial charge in [-0.25, -0.2) is 0 Å². The minimum absolute atomic E-state index is 0.0592. The lowest BCUT2D eigenvalue weighted by Crippen LogP contribution is -2.40. The van der Waals surface area contributed by atoms with Crippen LogP contribution in [0, 0.1) is 11.8 Å². The predicted molar refractivity (Wildman–Crippen MR) is 76.2 cm³/mol. The van der Waals surface area contributed by atoms with Gasteiger partial charge in [0, 0.05) is 31.7 Å². The summed E-state index contributed by atoms with van der Waals surface area (Å²) in [5.41, 5.74) is 6.04. The molecule has 1 aliphatic rings. The van der Waals surface area contributed by atoms with Gasteiger partial charge in [0.1, 0.15) is 0 Å². The number of hydrogen-bond acceptors (Lipinski definition) is 4. The molecule has 2 rings (SSSR count). The molecule has 1 aromatic rings. The molecule has 2 N–H and O–H groups in total. The van der Waals surface area contributed by atoms with Crippen LogP contribution in [0.3, 0.4) is 0 Å². The number of ether oxygens (including phenoxy) is 1. The molecule has 0 saturated carbocycles. The summed E-state index contributed by atoms with van der Waals surface area (Å²) < 4.78 is 5.32. The second kappa shape index (κ2) is 6.71. The quantitative estimate of drug-likeness (QED) is 0.830. The second-order valence-corrected chi connectivity index (χ2v) is 5.38. The average molecular weight is 278 g/mol. The second-order valence-electron chi connectivity index (χ2n) is 4.47. The first-order valence-electron chi connectivity index (χ1n) is 6.34. The molecule has 0 aliphatic carbocycles. The standard InChI is InChI=1S/C14H18N2O2S/c1-16(12-4-7-18-8-5-12)14(17)11-9-13(19-10-11)3-2-6-15/h9-10,12H,4-8,15H2,1H3. The lowest BCUT2D eigenvalue weighted by Gasteiger charge is -2.31. The first-order valence-corrected chi connectivity index (χ1v) is 7.22. The summed E-state index contributed by atoms with van der Waals surface area (Å²) in [6.07, 6.45) is 1.82. The molecule has 19 heavy (non-hydrogen) atoms. The van der Waals surface area contributed by atoms with Crippen LogP contribution in [0.2, 0.25) is 0 Å². The van der Waals surface area contributed by atoms with Crippen molar-refractivity contribution in [1.29, 1.82) is 0 Å². The van der Waals surface area contributed by atoms with Gasteiger partial charge in [0.05, 0.1) is 17.0 Å². The number of hydrogen-bond donors (Lipinski definition) is 1. The van der Waals surface area contributed by atoms with Gasteiger partial charge in [-0.3, -0.25) is 4.79 Å². The van der Waals surface area contributed by atoms with Crippen LogP contribution in [-0.2, 0) is 4.74 Å². The Labute approximate surface area is 117 Å². The lowest BCUT2D eigenvalue weighted by molar-refractivity contribution is 0.0362. The third-order valence-corrected chi connectivity index (χ3v) is 4.06. The van der Waals surface area contributed by atoms with Crippen molar-refractivity contribution in [3.05, 3.63) is 21.9 Å². The molecule has 2 heterocycles. The van der Waals surface area contributed by atoms with E-state index in [-0.39, 0.29) is 11.9 Å². The van der Waals surface area contributed by atoms with Crippen molar-refractivity contribution < 1.29 is 9.53 Å². The van der Waals surface area contributed by atoms with E-state index in [0.717, 1.165) is 30.9 Å². The Bertz CT molecular complexity index is 495. The molecule has 0 radical (unpaired) electrons. The molecule has 4 nitrogen and oxygen atoms in total. The fourth-order valence-electron chi connectivity index (χ4n) is 2.09. The Morgan fingerprint density at radius 3 is 3.00 bits per heavy atom. The van der Waals surface area contributed by atoms with E-state index in [2.05, 4.69) is 11.8 Å². The summed E-state index contributed by atoms with van der Waals surface area (Å²) in [6, 6.07) is 2.12. The zero-order valence-electron chi connectivity index (χ0n) is 11.0. The fraction of sp³-hybridized carbons (Fsp3) is 0.500. The van der Waals surface area contributed by atoms with Crippen molar-refractivity contribution in [3.8, 4) is 11.8 Å². The Morgan fingerprint density at radius 1 is 1.58 bits per heavy atom. The van der Waals surface area contributed by atoms with Gasteiger partial charge < -0.3 is 15.4 Å². The SMILES string of the molecule is CN(C(=O)c1csc(C#CCN)c1)C1CCOCC1. The minimum atomic E-state index is 0.0592. The van der Waals surface area contributed by atoms with Crippen LogP contribution in [0.5, 0.6) is 0 Å². The topological polar surface area (TPSA) is 55.6 Å². The molecule has 1 saturated heterocycles. The van der Waals surface area contributed by atoms with E-state index in [0.29, 0.717) is 12.1 Å². The highest BCUT2D eigenvalue weighted by molar-refractivity contribution is 7.10. The molecule has 0 bridgehead atoms. The fourth-order valence-corrected chi connectivity index (χ4v) is 2.84. The molecular weight excluding hydrogens is 260 g/mol. The van der Waals surface area contributed by atoms with E-state index in [1.165, 1.54) is 11.3 Å². The Balaban J connectivity index is 2.03. The molecule has 102 valence electrons. The molecule has 0 unspecified atom stereocenters. The van der Waals surface area contributed by atoms with E-state index < -0.39 is 0 Å². The van der Waals surface area contributed by atoms with Gasteiger partial charge in [-0.15, -0.1) is 11.3 Å². The average Bonchev–Trinajstić information content (AvgIpc) is 2.93. The number of amides is 1. The highest BCUT2D eigenvalue weighted by Gasteiger charge is 2.23. The highest BCUT2D eigenvalue weighted by atomic mass is 32.1. The van der Waals surface area contributed by atoms with Gasteiger partial charge in [0.15, 0.2) is 0 Å². The van der Waals surface area contributed by atoms with Crippen molar-refractivity contribution in [1.82, 2.24) is 4.90 Å². The smallest absolute Gasteiger partial charge is 0.254 e. The van der Waals surface area contributed by atoms with Crippen LogP contribution < -0.4 is 5.73 Å². The van der Waals surface area contributed by atoms with Gasteiger partial charge >= 0.3 is 0 Å². The number of rotatable bonds is 2. The molecule has 1 fully saturated rings. The van der Waals surface area contributed by atoms with Crippen LogP contribution in [0.25, 0.3) is 0 Å². The number of carbonyl (C=O) groups is 1. The Kier molecular flexibility index (Phi) is 4.97. The van der Waals surface area contributed by atoms with Gasteiger partial charge in [-0.05, 0) is 18.9 Å². The van der Waals surface area contributed by atoms with Crippen molar-refractivity contribution in [3.63, 3.8) is 0 Å². The van der Waals surface area contributed by atoms with Crippen molar-refractivity contribution in [2.24, 2.45) is 5.73 Å². The first kappa shape index (κ1) is 14.1. The van der Waals surface area contributed by atoms with Gasteiger partial charge in [0.25, 0.3) is 5.91 Å². The van der Waals surface area contributed by atoms with Gasteiger partial charge in [-0.1, -0.05) is 11.8 Å². The molecule has 1 aliphatic heterocycles. The maximum atomic E-state index is 12.3. The Morgan fingerprint density at radius 2 is 2.32 bits per heavy atom. The zero-order chi connectivity index (χ0) is 13.7. The summed E-state index contributed by atoms with van der Waals surface area (Å²) in [6.45, 7) is 1.81. The van der Waals surface area contributed by atoms with Crippen LogP contribution in [-0.4, -0.2) is 43.7 Å². The number of carbonyl (C=O) groups excluding carboxylic acids is 1. The van der Waals surface area contributed by atoms with Crippen molar-refractivity contribution in [2.75, 3.05) is 26.8 Å². The lowest BCUT2D eigenvalue weighted by atomic mass is 10.1. The summed E-state index contributed by atoms with van der Waals surface area (Å²) >= 11 is 1.48. The monoisotopic (exact) mass is 278 g/mol. The molecule has 1 aromatic heterocycles. The minimum Gasteiger partial charge on any atom is -0.381 e. The third kappa shape index (κ3) is 3.57. The molecule has 1 amide bonds. The van der Waals surface area contributed by atoms with Crippen LogP contribution >= 0.6 is 11.3 Å². The molecular formula is C14H18N2O2S. The zero-order valence-corrected chi connectivity index (χ0v) is 11.8. The molecule has 0 atom stereocenters. The van der Waals surface area contributed by atoms with E-state index in [9.17, 15) is 4.79 Å². The largest absolute Gasteiger partial charge is 0.381 e. The van der Waals surface area contributed by atoms with E-state index >= 15 is 0 Å². The summed E-state index contributed by atoms with van der Waals surface area (Å²) in [4.78, 5) is 15.1.